The highest BCUT2D eigenvalue weighted by Gasteiger charge is 2.28. The monoisotopic (exact) mass is 336 g/mol. The first-order chi connectivity index (χ1) is 11.1. The Balaban J connectivity index is 1.97. The van der Waals surface area contributed by atoms with E-state index in [1.54, 1.807) is 0 Å². The smallest absolute Gasteiger partial charge is 0.353 e. The zero-order chi connectivity index (χ0) is 16.4. The van der Waals surface area contributed by atoms with Crippen molar-refractivity contribution in [3.8, 4) is 0 Å². The van der Waals surface area contributed by atoms with E-state index in [1.807, 2.05) is 18.7 Å². The predicted octanol–water partition coefficient (Wildman–Crippen LogP) is 2.04. The number of anilines is 3. The van der Waals surface area contributed by atoms with Crippen LogP contribution in [0.5, 0.6) is 0 Å². The van der Waals surface area contributed by atoms with Crippen LogP contribution in [-0.2, 0) is 4.74 Å². The number of hydrogen-bond acceptors (Lipinski definition) is 9. The number of ether oxygens (including phenoxy) is 1. The average Bonchev–Trinajstić information content (AvgIpc) is 2.85. The number of rotatable bonds is 4. The molecule has 2 aromatic heterocycles. The summed E-state index contributed by atoms with van der Waals surface area (Å²) in [6.45, 7) is 6.01. The van der Waals surface area contributed by atoms with Gasteiger partial charge in [-0.05, 0) is 13.8 Å². The molecule has 0 aliphatic carbocycles. The second-order valence-corrected chi connectivity index (χ2v) is 6.24. The Labute approximate surface area is 136 Å². The van der Waals surface area contributed by atoms with Crippen LogP contribution in [0.25, 0.3) is 0 Å². The SMILES string of the molecule is Cc1nc(Nc2ncnc(N3CCOCC3)c2[N+](=O)[O-])sc1C. The highest BCUT2D eigenvalue weighted by molar-refractivity contribution is 7.15. The zero-order valence-corrected chi connectivity index (χ0v) is 13.6. The molecule has 0 unspecified atom stereocenters. The maximum Gasteiger partial charge on any atom is 0.353 e. The molecule has 1 aliphatic rings. The lowest BCUT2D eigenvalue weighted by Crippen LogP contribution is -2.37. The van der Waals surface area contributed by atoms with Gasteiger partial charge in [-0.25, -0.2) is 15.0 Å². The number of thiazole rings is 1. The first-order valence-corrected chi connectivity index (χ1v) is 7.91. The zero-order valence-electron chi connectivity index (χ0n) is 12.8. The Morgan fingerprint density at radius 2 is 2.09 bits per heavy atom. The molecule has 1 N–H and O–H groups in total. The van der Waals surface area contributed by atoms with Gasteiger partial charge >= 0.3 is 5.69 Å². The van der Waals surface area contributed by atoms with Crippen LogP contribution in [0.4, 0.5) is 22.5 Å². The third-order valence-electron chi connectivity index (χ3n) is 3.55. The Hall–Kier alpha value is -2.33. The summed E-state index contributed by atoms with van der Waals surface area (Å²) < 4.78 is 5.28. The third-order valence-corrected chi connectivity index (χ3v) is 4.54. The van der Waals surface area contributed by atoms with E-state index in [2.05, 4.69) is 20.3 Å². The molecule has 0 radical (unpaired) electrons. The summed E-state index contributed by atoms with van der Waals surface area (Å²) >= 11 is 1.43. The minimum absolute atomic E-state index is 0.139. The van der Waals surface area contributed by atoms with Crippen molar-refractivity contribution in [2.75, 3.05) is 36.5 Å². The standard InChI is InChI=1S/C13H16N6O3S/c1-8-9(2)23-13(16-8)17-11-10(19(20)21)12(15-7-14-11)18-3-5-22-6-4-18/h7H,3-6H2,1-2H3,(H,14,15,16,17). The lowest BCUT2D eigenvalue weighted by molar-refractivity contribution is -0.383. The lowest BCUT2D eigenvalue weighted by Gasteiger charge is -2.27. The number of aryl methyl sites for hydroxylation is 2. The molecule has 122 valence electrons. The fourth-order valence-electron chi connectivity index (χ4n) is 2.26. The van der Waals surface area contributed by atoms with Crippen molar-refractivity contribution in [1.82, 2.24) is 15.0 Å². The summed E-state index contributed by atoms with van der Waals surface area (Å²) in [5.74, 6) is 0.459. The molecule has 1 saturated heterocycles. The average molecular weight is 336 g/mol. The van der Waals surface area contributed by atoms with Crippen LogP contribution >= 0.6 is 11.3 Å². The first kappa shape index (κ1) is 15.6. The van der Waals surface area contributed by atoms with Crippen molar-refractivity contribution in [2.24, 2.45) is 0 Å². The van der Waals surface area contributed by atoms with Gasteiger partial charge in [0.25, 0.3) is 0 Å². The number of nitrogens with one attached hydrogen (secondary N) is 1. The maximum absolute atomic E-state index is 11.6. The van der Waals surface area contributed by atoms with Crippen molar-refractivity contribution in [3.63, 3.8) is 0 Å². The predicted molar refractivity (Wildman–Crippen MR) is 86.6 cm³/mol. The van der Waals surface area contributed by atoms with Gasteiger partial charge in [0.05, 0.1) is 23.8 Å². The number of nitro groups is 1. The minimum Gasteiger partial charge on any atom is -0.378 e. The molecule has 0 amide bonds. The molecule has 3 rings (SSSR count). The maximum atomic E-state index is 11.6. The van der Waals surface area contributed by atoms with E-state index in [0.717, 1.165) is 10.6 Å². The summed E-state index contributed by atoms with van der Waals surface area (Å²) in [5, 5.41) is 15.1. The van der Waals surface area contributed by atoms with Gasteiger partial charge in [0.2, 0.25) is 11.6 Å². The van der Waals surface area contributed by atoms with Gasteiger partial charge in [-0.15, -0.1) is 11.3 Å². The van der Waals surface area contributed by atoms with Crippen LogP contribution in [-0.4, -0.2) is 46.2 Å². The van der Waals surface area contributed by atoms with E-state index in [-0.39, 0.29) is 11.5 Å². The number of hydrogen-bond donors (Lipinski definition) is 1. The molecule has 0 aromatic carbocycles. The van der Waals surface area contributed by atoms with Crippen molar-refractivity contribution < 1.29 is 9.66 Å². The fraction of sp³-hybridized carbons (Fsp3) is 0.462. The summed E-state index contributed by atoms with van der Waals surface area (Å²) in [6.07, 6.45) is 1.33. The third kappa shape index (κ3) is 3.22. The summed E-state index contributed by atoms with van der Waals surface area (Å²) in [4.78, 5) is 26.5. The summed E-state index contributed by atoms with van der Waals surface area (Å²) in [6, 6.07) is 0. The summed E-state index contributed by atoms with van der Waals surface area (Å²) in [7, 11) is 0. The molecular weight excluding hydrogens is 320 g/mol. The van der Waals surface area contributed by atoms with Crippen molar-refractivity contribution in [2.45, 2.75) is 13.8 Å². The molecule has 0 bridgehead atoms. The van der Waals surface area contributed by atoms with E-state index in [9.17, 15) is 10.1 Å². The van der Waals surface area contributed by atoms with Crippen LogP contribution < -0.4 is 10.2 Å². The molecule has 23 heavy (non-hydrogen) atoms. The molecular formula is C13H16N6O3S. The lowest BCUT2D eigenvalue weighted by atomic mass is 10.3. The molecule has 0 atom stereocenters. The topological polar surface area (TPSA) is 106 Å². The highest BCUT2D eigenvalue weighted by atomic mass is 32.1. The minimum atomic E-state index is -0.458. The van der Waals surface area contributed by atoms with Gasteiger partial charge in [0.15, 0.2) is 5.13 Å². The van der Waals surface area contributed by atoms with E-state index in [1.165, 1.54) is 17.7 Å². The molecule has 1 fully saturated rings. The second-order valence-electron chi connectivity index (χ2n) is 5.04. The van der Waals surface area contributed by atoms with Crippen LogP contribution in [0.15, 0.2) is 6.33 Å². The van der Waals surface area contributed by atoms with Crippen molar-refractivity contribution in [1.29, 1.82) is 0 Å². The Morgan fingerprint density at radius 3 is 2.70 bits per heavy atom. The van der Waals surface area contributed by atoms with Gasteiger partial charge in [-0.2, -0.15) is 0 Å². The molecule has 0 spiro atoms. The van der Waals surface area contributed by atoms with E-state index in [4.69, 9.17) is 4.74 Å². The number of nitrogens with zero attached hydrogens (tertiary/aromatic N) is 5. The van der Waals surface area contributed by atoms with Crippen LogP contribution in [0.2, 0.25) is 0 Å². The van der Waals surface area contributed by atoms with Gasteiger partial charge in [-0.1, -0.05) is 0 Å². The van der Waals surface area contributed by atoms with Crippen LogP contribution in [0.1, 0.15) is 10.6 Å². The van der Waals surface area contributed by atoms with Gasteiger partial charge in [0, 0.05) is 18.0 Å². The Morgan fingerprint density at radius 1 is 1.35 bits per heavy atom. The van der Waals surface area contributed by atoms with E-state index >= 15 is 0 Å². The van der Waals surface area contributed by atoms with Crippen molar-refractivity contribution in [3.05, 3.63) is 27.0 Å². The molecule has 10 heteroatoms. The molecule has 1 aliphatic heterocycles. The summed E-state index contributed by atoms with van der Waals surface area (Å²) in [5.41, 5.74) is 0.752. The fourth-order valence-corrected chi connectivity index (χ4v) is 3.08. The van der Waals surface area contributed by atoms with Crippen molar-refractivity contribution >= 4 is 33.8 Å². The van der Waals surface area contributed by atoms with Gasteiger partial charge in [0.1, 0.15) is 6.33 Å². The number of aromatic nitrogens is 3. The molecule has 3 heterocycles. The van der Waals surface area contributed by atoms with Crippen LogP contribution in [0.3, 0.4) is 0 Å². The first-order valence-electron chi connectivity index (χ1n) is 7.09. The molecule has 0 saturated carbocycles. The van der Waals surface area contributed by atoms with Gasteiger partial charge < -0.3 is 15.0 Å². The van der Waals surface area contributed by atoms with E-state index < -0.39 is 4.92 Å². The second kappa shape index (κ2) is 6.42. The highest BCUT2D eigenvalue weighted by Crippen LogP contribution is 2.35. The Bertz CT molecular complexity index is 709. The normalized spacial score (nSPS) is 14.8. The Kier molecular flexibility index (Phi) is 4.35. The molecule has 2 aromatic rings. The largest absolute Gasteiger partial charge is 0.378 e. The van der Waals surface area contributed by atoms with Gasteiger partial charge in [-0.3, -0.25) is 10.1 Å². The van der Waals surface area contributed by atoms with E-state index in [0.29, 0.717) is 37.3 Å². The quantitative estimate of drug-likeness (QED) is 0.668. The molecule has 9 nitrogen and oxygen atoms in total. The van der Waals surface area contributed by atoms with Crippen LogP contribution in [0, 0.1) is 24.0 Å². The number of morpholine rings is 1.